The molecule has 0 aliphatic heterocycles. The van der Waals surface area contributed by atoms with Crippen molar-refractivity contribution in [3.63, 3.8) is 0 Å². The first-order valence-corrected chi connectivity index (χ1v) is 6.05. The fourth-order valence-electron chi connectivity index (χ4n) is 1.60. The number of halogens is 3. The lowest BCUT2D eigenvalue weighted by Gasteiger charge is -2.17. The maximum absolute atomic E-state index is 12.4. The molecule has 0 radical (unpaired) electrons. The van der Waals surface area contributed by atoms with Crippen LogP contribution in [0.1, 0.15) is 23.7 Å². The van der Waals surface area contributed by atoms with Gasteiger partial charge in [-0.3, -0.25) is 9.59 Å². The Bertz CT molecular complexity index is 591. The average molecular weight is 314 g/mol. The van der Waals surface area contributed by atoms with Gasteiger partial charge in [-0.25, -0.2) is 0 Å². The van der Waals surface area contributed by atoms with Crippen LogP contribution in [0, 0.1) is 12.3 Å². The topological polar surface area (TPSA) is 92.4 Å². The summed E-state index contributed by atoms with van der Waals surface area (Å²) in [6, 6.07) is 2.24. The van der Waals surface area contributed by atoms with E-state index < -0.39 is 35.7 Å². The van der Waals surface area contributed by atoms with Gasteiger partial charge in [0.2, 0.25) is 5.91 Å². The van der Waals surface area contributed by atoms with E-state index in [0.717, 1.165) is 24.3 Å². The maximum Gasteiger partial charge on any atom is 0.416 e. The van der Waals surface area contributed by atoms with Crippen molar-refractivity contribution in [2.75, 3.05) is 0 Å². The van der Waals surface area contributed by atoms with Gasteiger partial charge in [-0.2, -0.15) is 13.2 Å². The summed E-state index contributed by atoms with van der Waals surface area (Å²) in [5.74, 6) is 0.264. The molecule has 1 rings (SSSR count). The molecule has 0 saturated carbocycles. The number of carbonyl (C=O) groups is 2. The number of amides is 2. The van der Waals surface area contributed by atoms with Gasteiger partial charge in [-0.1, -0.05) is 12.1 Å². The number of hydrogen-bond donors (Lipinski definition) is 3. The lowest BCUT2D eigenvalue weighted by atomic mass is 10.1. The molecule has 0 aliphatic rings. The second kappa shape index (κ2) is 6.95. The molecule has 22 heavy (non-hydrogen) atoms. The van der Waals surface area contributed by atoms with Crippen molar-refractivity contribution in [2.24, 2.45) is 5.73 Å². The van der Waals surface area contributed by atoms with Crippen molar-refractivity contribution in [3.05, 3.63) is 35.4 Å². The highest BCUT2D eigenvalue weighted by Crippen LogP contribution is 2.29. The van der Waals surface area contributed by atoms with Crippen molar-refractivity contribution >= 4 is 11.8 Å². The Labute approximate surface area is 124 Å². The first-order chi connectivity index (χ1) is 10.2. The fraction of sp³-hybridized carbons (Fsp3) is 0.286. The highest BCUT2D eigenvalue weighted by molar-refractivity contribution is 5.89. The molecule has 2 atom stereocenters. The number of hydrogen-bond acceptors (Lipinski definition) is 3. The van der Waals surface area contributed by atoms with Crippen LogP contribution in [0.25, 0.3) is 0 Å². The molecule has 8 heteroatoms. The second-order valence-electron chi connectivity index (χ2n) is 4.39. The lowest BCUT2D eigenvalue weighted by molar-refractivity contribution is -0.137. The van der Waals surface area contributed by atoms with Gasteiger partial charge < -0.3 is 16.2 Å². The summed E-state index contributed by atoms with van der Waals surface area (Å²) in [7, 11) is 0. The Balaban J connectivity index is 2.83. The Morgan fingerprint density at radius 1 is 1.32 bits per heavy atom. The number of rotatable bonds is 5. The summed E-state index contributed by atoms with van der Waals surface area (Å²) in [5, 5.41) is 11.9. The molecule has 0 aromatic heterocycles. The van der Waals surface area contributed by atoms with Crippen molar-refractivity contribution in [1.82, 2.24) is 5.32 Å². The number of aliphatic hydroxyl groups is 1. The molecule has 0 saturated heterocycles. The van der Waals surface area contributed by atoms with Crippen molar-refractivity contribution in [3.8, 4) is 12.3 Å². The predicted molar refractivity (Wildman–Crippen MR) is 71.0 cm³/mol. The normalized spacial score (nSPS) is 13.8. The van der Waals surface area contributed by atoms with E-state index in [4.69, 9.17) is 12.2 Å². The largest absolute Gasteiger partial charge is 0.416 e. The molecule has 0 aliphatic carbocycles. The van der Waals surface area contributed by atoms with E-state index in [-0.39, 0.29) is 12.0 Å². The highest BCUT2D eigenvalue weighted by Gasteiger charge is 2.31. The molecule has 0 heterocycles. The van der Waals surface area contributed by atoms with E-state index in [9.17, 15) is 27.9 Å². The molecule has 1 aromatic carbocycles. The van der Waals surface area contributed by atoms with Crippen LogP contribution in [0.15, 0.2) is 24.3 Å². The summed E-state index contributed by atoms with van der Waals surface area (Å²) >= 11 is 0. The van der Waals surface area contributed by atoms with Crippen LogP contribution in [-0.2, 0) is 15.8 Å². The number of primary amides is 1. The minimum Gasteiger partial charge on any atom is -0.378 e. The Morgan fingerprint density at radius 2 is 1.86 bits per heavy atom. The molecule has 0 spiro atoms. The van der Waals surface area contributed by atoms with Gasteiger partial charge in [0.25, 0.3) is 5.91 Å². The quantitative estimate of drug-likeness (QED) is 0.700. The molecule has 4 N–H and O–H groups in total. The number of aliphatic hydroxyl groups excluding tert-OH is 1. The number of benzene rings is 1. The third-order valence-electron chi connectivity index (χ3n) is 2.78. The van der Waals surface area contributed by atoms with Gasteiger partial charge >= 0.3 is 6.18 Å². The zero-order valence-corrected chi connectivity index (χ0v) is 11.2. The van der Waals surface area contributed by atoms with Crippen LogP contribution in [0.2, 0.25) is 0 Å². The first kappa shape index (κ1) is 17.5. The van der Waals surface area contributed by atoms with Gasteiger partial charge in [-0.05, 0) is 17.7 Å². The van der Waals surface area contributed by atoms with Gasteiger partial charge in [0.05, 0.1) is 5.56 Å². The molecular weight excluding hydrogens is 301 g/mol. The lowest BCUT2D eigenvalue weighted by Crippen LogP contribution is -2.45. The zero-order valence-electron chi connectivity index (χ0n) is 11.2. The maximum atomic E-state index is 12.4. The van der Waals surface area contributed by atoms with Crippen LogP contribution in [0.4, 0.5) is 13.2 Å². The zero-order chi connectivity index (χ0) is 16.9. The SMILES string of the molecule is C#CC[C@H](NC(=O)[C@@H](O)c1ccc(C(F)(F)F)cc1)C(N)=O. The standard InChI is InChI=1S/C14H13F3N2O3/c1-2-3-10(12(18)21)19-13(22)11(20)8-4-6-9(7-5-8)14(15,16)17/h1,4-7,10-11,20H,3H2,(H2,18,21)(H,19,22)/t10-,11-/m0/s1. The van der Waals surface area contributed by atoms with Crippen LogP contribution < -0.4 is 11.1 Å². The third-order valence-corrected chi connectivity index (χ3v) is 2.78. The summed E-state index contributed by atoms with van der Waals surface area (Å²) in [5.41, 5.74) is 4.05. The van der Waals surface area contributed by atoms with E-state index in [0.29, 0.717) is 0 Å². The van der Waals surface area contributed by atoms with Gasteiger partial charge in [0, 0.05) is 6.42 Å². The van der Waals surface area contributed by atoms with E-state index in [1.165, 1.54) is 0 Å². The summed E-state index contributed by atoms with van der Waals surface area (Å²) < 4.78 is 37.2. The molecule has 0 unspecified atom stereocenters. The van der Waals surface area contributed by atoms with Crippen LogP contribution in [-0.4, -0.2) is 23.0 Å². The van der Waals surface area contributed by atoms with E-state index in [1.807, 2.05) is 0 Å². The number of carbonyl (C=O) groups excluding carboxylic acids is 2. The van der Waals surface area contributed by atoms with Crippen molar-refractivity contribution < 1.29 is 27.9 Å². The number of alkyl halides is 3. The number of terminal acetylenes is 1. The predicted octanol–water partition coefficient (Wildman–Crippen LogP) is 0.732. The first-order valence-electron chi connectivity index (χ1n) is 6.05. The molecular formula is C14H13F3N2O3. The van der Waals surface area contributed by atoms with Gasteiger partial charge in [-0.15, -0.1) is 12.3 Å². The molecule has 2 amide bonds. The molecule has 5 nitrogen and oxygen atoms in total. The number of nitrogens with one attached hydrogen (secondary N) is 1. The number of nitrogens with two attached hydrogens (primary N) is 1. The summed E-state index contributed by atoms with van der Waals surface area (Å²) in [6.07, 6.45) is -1.42. The minimum atomic E-state index is -4.52. The smallest absolute Gasteiger partial charge is 0.378 e. The van der Waals surface area contributed by atoms with Gasteiger partial charge in [0.1, 0.15) is 6.04 Å². The van der Waals surface area contributed by atoms with Crippen LogP contribution in [0.5, 0.6) is 0 Å². The molecule has 118 valence electrons. The van der Waals surface area contributed by atoms with Crippen molar-refractivity contribution in [1.29, 1.82) is 0 Å². The fourth-order valence-corrected chi connectivity index (χ4v) is 1.60. The average Bonchev–Trinajstić information content (AvgIpc) is 2.45. The summed E-state index contributed by atoms with van der Waals surface area (Å²) in [4.78, 5) is 22.8. The monoisotopic (exact) mass is 314 g/mol. The van der Waals surface area contributed by atoms with E-state index in [2.05, 4.69) is 11.2 Å². The third kappa shape index (κ3) is 4.49. The Morgan fingerprint density at radius 3 is 2.27 bits per heavy atom. The highest BCUT2D eigenvalue weighted by atomic mass is 19.4. The van der Waals surface area contributed by atoms with Crippen LogP contribution in [0.3, 0.4) is 0 Å². The summed E-state index contributed by atoms with van der Waals surface area (Å²) in [6.45, 7) is 0. The minimum absolute atomic E-state index is 0.0607. The Hall–Kier alpha value is -2.53. The second-order valence-corrected chi connectivity index (χ2v) is 4.39. The molecule has 0 fully saturated rings. The van der Waals surface area contributed by atoms with Gasteiger partial charge in [0.15, 0.2) is 6.10 Å². The van der Waals surface area contributed by atoms with E-state index >= 15 is 0 Å². The van der Waals surface area contributed by atoms with Crippen LogP contribution >= 0.6 is 0 Å². The van der Waals surface area contributed by atoms with E-state index in [1.54, 1.807) is 0 Å². The Kier molecular flexibility index (Phi) is 5.54. The van der Waals surface area contributed by atoms with Crippen molar-refractivity contribution in [2.45, 2.75) is 24.7 Å². The molecule has 1 aromatic rings. The molecule has 0 bridgehead atoms.